The highest BCUT2D eigenvalue weighted by Gasteiger charge is 2.17. The molecule has 32 heavy (non-hydrogen) atoms. The number of hydrogen-bond acceptors (Lipinski definition) is 2. The predicted molar refractivity (Wildman–Crippen MR) is 126 cm³/mol. The van der Waals surface area contributed by atoms with Gasteiger partial charge in [0, 0.05) is 33.0 Å². The van der Waals surface area contributed by atoms with Gasteiger partial charge in [-0.2, -0.15) is 0 Å². The molecule has 0 aliphatic rings. The fourth-order valence-corrected chi connectivity index (χ4v) is 4.03. The molecular weight excluding hydrogens is 448 g/mol. The summed E-state index contributed by atoms with van der Waals surface area (Å²) in [6, 6.07) is 19.9. The molecule has 0 saturated heterocycles. The number of nitrogens with zero attached hydrogens (tertiary/aromatic N) is 3. The molecule has 3 aromatic carbocycles. The van der Waals surface area contributed by atoms with Crippen molar-refractivity contribution >= 4 is 40.1 Å². The molecule has 0 atom stereocenters. The van der Waals surface area contributed by atoms with Crippen LogP contribution in [0.25, 0.3) is 11.0 Å². The molecule has 0 spiro atoms. The highest BCUT2D eigenvalue weighted by atomic mass is 35.5. The Bertz CT molecular complexity index is 1260. The van der Waals surface area contributed by atoms with Crippen LogP contribution < -0.4 is 0 Å². The quantitative estimate of drug-likeness (QED) is 0.326. The number of rotatable bonds is 7. The zero-order chi connectivity index (χ0) is 22.7. The average Bonchev–Trinajstić information content (AvgIpc) is 3.10. The van der Waals surface area contributed by atoms with E-state index in [1.54, 1.807) is 42.3 Å². The summed E-state index contributed by atoms with van der Waals surface area (Å²) in [5.74, 6) is 0.371. The molecule has 1 heterocycles. The van der Waals surface area contributed by atoms with Gasteiger partial charge in [-0.05, 0) is 29.3 Å². The molecule has 0 N–H and O–H groups in total. The van der Waals surface area contributed by atoms with Gasteiger partial charge in [0.15, 0.2) is 0 Å². The van der Waals surface area contributed by atoms with Crippen LogP contribution in [0.1, 0.15) is 23.4 Å². The number of carbonyl (C=O) groups excluding carboxylic acids is 1. The molecule has 1 aromatic heterocycles. The summed E-state index contributed by atoms with van der Waals surface area (Å²) in [4.78, 5) is 19.2. The highest BCUT2D eigenvalue weighted by molar-refractivity contribution is 6.42. The van der Waals surface area contributed by atoms with Gasteiger partial charge in [0.1, 0.15) is 11.6 Å². The summed E-state index contributed by atoms with van der Waals surface area (Å²) in [6.07, 6.45) is 0.573. The third kappa shape index (κ3) is 4.95. The maximum Gasteiger partial charge on any atom is 0.224 e. The highest BCUT2D eigenvalue weighted by Crippen LogP contribution is 2.29. The van der Waals surface area contributed by atoms with Gasteiger partial charge >= 0.3 is 0 Å². The molecule has 0 aliphatic carbocycles. The van der Waals surface area contributed by atoms with E-state index in [4.69, 9.17) is 23.2 Å². The van der Waals surface area contributed by atoms with Gasteiger partial charge in [-0.25, -0.2) is 9.37 Å². The fourth-order valence-electron chi connectivity index (χ4n) is 3.71. The van der Waals surface area contributed by atoms with Crippen LogP contribution in [0.3, 0.4) is 0 Å². The van der Waals surface area contributed by atoms with E-state index in [1.807, 2.05) is 34.9 Å². The van der Waals surface area contributed by atoms with Crippen molar-refractivity contribution in [3.8, 4) is 0 Å². The van der Waals surface area contributed by atoms with Crippen molar-refractivity contribution in [2.45, 2.75) is 25.9 Å². The maximum atomic E-state index is 14.3. The van der Waals surface area contributed by atoms with E-state index in [2.05, 4.69) is 4.98 Å². The summed E-state index contributed by atoms with van der Waals surface area (Å²) in [5, 5.41) is 0.810. The normalized spacial score (nSPS) is 11.1. The zero-order valence-electron chi connectivity index (χ0n) is 17.6. The first-order valence-electron chi connectivity index (χ1n) is 10.3. The number of carbonyl (C=O) groups is 1. The van der Waals surface area contributed by atoms with Crippen molar-refractivity contribution in [1.29, 1.82) is 0 Å². The van der Waals surface area contributed by atoms with Crippen LogP contribution >= 0.6 is 23.2 Å². The minimum absolute atomic E-state index is 0.00704. The second-order valence-electron chi connectivity index (χ2n) is 7.69. The minimum Gasteiger partial charge on any atom is -0.341 e. The molecule has 1 amide bonds. The fraction of sp³-hybridized carbons (Fsp3) is 0.200. The van der Waals surface area contributed by atoms with E-state index >= 15 is 0 Å². The van der Waals surface area contributed by atoms with Crippen molar-refractivity contribution < 1.29 is 9.18 Å². The molecule has 4 aromatic rings. The van der Waals surface area contributed by atoms with E-state index in [9.17, 15) is 9.18 Å². The summed E-state index contributed by atoms with van der Waals surface area (Å²) >= 11 is 12.4. The van der Waals surface area contributed by atoms with Crippen molar-refractivity contribution in [2.24, 2.45) is 0 Å². The van der Waals surface area contributed by atoms with Gasteiger partial charge in [-0.1, -0.05) is 71.7 Å². The Morgan fingerprint density at radius 3 is 2.47 bits per heavy atom. The summed E-state index contributed by atoms with van der Waals surface area (Å²) in [6.45, 7) is 0.935. The molecule has 0 aliphatic heterocycles. The van der Waals surface area contributed by atoms with Crippen LogP contribution in [0, 0.1) is 5.82 Å². The average molecular weight is 470 g/mol. The van der Waals surface area contributed by atoms with Gasteiger partial charge in [-0.3, -0.25) is 4.79 Å². The number of imidazole rings is 1. The molecule has 0 radical (unpaired) electrons. The van der Waals surface area contributed by atoms with Gasteiger partial charge in [0.25, 0.3) is 0 Å². The lowest BCUT2D eigenvalue weighted by molar-refractivity contribution is -0.130. The number of halogens is 3. The van der Waals surface area contributed by atoms with Gasteiger partial charge in [0.05, 0.1) is 21.1 Å². The lowest BCUT2D eigenvalue weighted by Gasteiger charge is -2.18. The standard InChI is InChI=1S/C25H22Cl2FN3O/c1-30(16-17-7-3-2-4-8-17)25(32)11-12-31-23-15-20(27)19(26)14-22(23)29-24(31)13-18-9-5-6-10-21(18)28/h2-10,14-15H,11-13,16H2,1H3. The van der Waals surface area contributed by atoms with Gasteiger partial charge in [0.2, 0.25) is 5.91 Å². The number of hydrogen-bond donors (Lipinski definition) is 0. The molecule has 4 rings (SSSR count). The third-order valence-corrected chi connectivity index (χ3v) is 6.14. The van der Waals surface area contributed by atoms with Crippen molar-refractivity contribution in [3.05, 3.63) is 99.5 Å². The molecule has 7 heteroatoms. The summed E-state index contributed by atoms with van der Waals surface area (Å²) < 4.78 is 16.2. The Labute approximate surface area is 196 Å². The predicted octanol–water partition coefficient (Wildman–Crippen LogP) is 6.12. The second-order valence-corrected chi connectivity index (χ2v) is 8.50. The van der Waals surface area contributed by atoms with Crippen LogP contribution in [0.4, 0.5) is 4.39 Å². The smallest absolute Gasteiger partial charge is 0.224 e. The Kier molecular flexibility index (Phi) is 6.77. The van der Waals surface area contributed by atoms with Crippen LogP contribution in [0.15, 0.2) is 66.7 Å². The number of fused-ring (bicyclic) bond motifs is 1. The Morgan fingerprint density at radius 1 is 1.03 bits per heavy atom. The third-order valence-electron chi connectivity index (χ3n) is 5.41. The minimum atomic E-state index is -0.291. The molecule has 0 fully saturated rings. The van der Waals surface area contributed by atoms with Crippen molar-refractivity contribution in [2.75, 3.05) is 7.05 Å². The number of amides is 1. The van der Waals surface area contributed by atoms with Gasteiger partial charge in [-0.15, -0.1) is 0 Å². The molecule has 164 valence electrons. The molecule has 4 nitrogen and oxygen atoms in total. The Morgan fingerprint density at radius 2 is 1.72 bits per heavy atom. The first-order valence-corrected chi connectivity index (χ1v) is 11.0. The van der Waals surface area contributed by atoms with Crippen molar-refractivity contribution in [3.63, 3.8) is 0 Å². The lowest BCUT2D eigenvalue weighted by atomic mass is 10.1. The van der Waals surface area contributed by atoms with Crippen molar-refractivity contribution in [1.82, 2.24) is 14.5 Å². The first kappa shape index (κ1) is 22.3. The van der Waals surface area contributed by atoms with Crippen LogP contribution in [-0.4, -0.2) is 27.4 Å². The van der Waals surface area contributed by atoms with Gasteiger partial charge < -0.3 is 9.47 Å². The number of aromatic nitrogens is 2. The summed E-state index contributed by atoms with van der Waals surface area (Å²) in [5.41, 5.74) is 3.03. The topological polar surface area (TPSA) is 38.1 Å². The van der Waals surface area contributed by atoms with Crippen LogP contribution in [-0.2, 0) is 24.3 Å². The SMILES string of the molecule is CN(Cc1ccccc1)C(=O)CCn1c(Cc2ccccc2F)nc2cc(Cl)c(Cl)cc21. The van der Waals surface area contributed by atoms with E-state index in [-0.39, 0.29) is 18.1 Å². The van der Waals surface area contributed by atoms with E-state index < -0.39 is 0 Å². The molecule has 0 saturated carbocycles. The van der Waals surface area contributed by atoms with E-state index in [0.29, 0.717) is 46.5 Å². The Hall–Kier alpha value is -2.89. The monoisotopic (exact) mass is 469 g/mol. The summed E-state index contributed by atoms with van der Waals surface area (Å²) in [7, 11) is 1.79. The first-order chi connectivity index (χ1) is 15.4. The van der Waals surface area contributed by atoms with Crippen LogP contribution in [0.5, 0.6) is 0 Å². The molecule has 0 unspecified atom stereocenters. The lowest BCUT2D eigenvalue weighted by Crippen LogP contribution is -2.27. The second kappa shape index (κ2) is 9.72. The Balaban J connectivity index is 1.59. The zero-order valence-corrected chi connectivity index (χ0v) is 19.1. The van der Waals surface area contributed by atoms with Crippen LogP contribution in [0.2, 0.25) is 10.0 Å². The molecule has 0 bridgehead atoms. The molecular formula is C25H22Cl2FN3O. The van der Waals surface area contributed by atoms with E-state index in [0.717, 1.165) is 11.1 Å². The van der Waals surface area contributed by atoms with E-state index in [1.165, 1.54) is 6.07 Å². The maximum absolute atomic E-state index is 14.3. The largest absolute Gasteiger partial charge is 0.341 e. The number of benzene rings is 3. The number of aryl methyl sites for hydroxylation is 1.